The fraction of sp³-hybridized carbons (Fsp3) is 0.458. The van der Waals surface area contributed by atoms with Gasteiger partial charge in [0.1, 0.15) is 11.4 Å². The first-order valence-electron chi connectivity index (χ1n) is 11.0. The van der Waals surface area contributed by atoms with E-state index in [0.29, 0.717) is 18.5 Å². The number of rotatable bonds is 9. The second kappa shape index (κ2) is 10.6. The van der Waals surface area contributed by atoms with Gasteiger partial charge >= 0.3 is 6.09 Å². The Hall–Kier alpha value is -2.53. The molecule has 0 spiro atoms. The van der Waals surface area contributed by atoms with Crippen LogP contribution in [-0.2, 0) is 20.4 Å². The lowest BCUT2D eigenvalue weighted by Crippen LogP contribution is -2.48. The number of aliphatic hydroxyl groups excluding tert-OH is 1. The highest BCUT2D eigenvalue weighted by Gasteiger charge is 2.38. The summed E-state index contributed by atoms with van der Waals surface area (Å²) < 4.78 is 30.9. The number of sulfonamides is 1. The fourth-order valence-corrected chi connectivity index (χ4v) is 4.43. The molecule has 1 aliphatic rings. The zero-order chi connectivity index (χ0) is 25.3. The van der Waals surface area contributed by atoms with E-state index in [1.54, 1.807) is 4.90 Å². The Labute approximate surface area is 212 Å². The predicted octanol–water partition coefficient (Wildman–Crippen LogP) is 3.87. The molecule has 35 heavy (non-hydrogen) atoms. The first kappa shape index (κ1) is 28.7. The van der Waals surface area contributed by atoms with Crippen LogP contribution in [0.2, 0.25) is 0 Å². The maximum Gasteiger partial charge on any atom is 0.415 e. The molecule has 11 heteroatoms. The molecular weight excluding hydrogens is 494 g/mol. The Kier molecular flexibility index (Phi) is 8.70. The monoisotopic (exact) mass is 527 g/mol. The molecule has 2 aromatic carbocycles. The van der Waals surface area contributed by atoms with Crippen LogP contribution in [-0.4, -0.2) is 49.6 Å². The van der Waals surface area contributed by atoms with Gasteiger partial charge in [-0.2, -0.15) is 0 Å². The molecule has 2 aromatic rings. The Bertz CT molecular complexity index is 1170. The lowest BCUT2D eigenvalue weighted by atomic mass is 9.93. The Balaban J connectivity index is 0.00000432. The molecule has 4 N–H and O–H groups in total. The number of β-amino-alcohol motifs (C(OH)–C–C–N with tert-alkyl or cyclic N) is 1. The van der Waals surface area contributed by atoms with E-state index >= 15 is 0 Å². The first-order chi connectivity index (χ1) is 15.7. The minimum Gasteiger partial charge on any atom is -0.506 e. The molecular formula is C24H34ClN3O6S. The number of cyclic esters (lactones) is 1. The maximum absolute atomic E-state index is 12.7. The Morgan fingerprint density at radius 3 is 2.49 bits per heavy atom. The van der Waals surface area contributed by atoms with Crippen molar-refractivity contribution in [3.63, 3.8) is 0 Å². The quantitative estimate of drug-likeness (QED) is 0.364. The largest absolute Gasteiger partial charge is 0.506 e. The number of fused-ring (bicyclic) bond motifs is 1. The molecule has 194 valence electrons. The molecule has 1 atom stereocenters. The topological polar surface area (TPSA) is 128 Å². The van der Waals surface area contributed by atoms with Crippen molar-refractivity contribution < 1.29 is 28.2 Å². The van der Waals surface area contributed by atoms with E-state index in [9.17, 15) is 23.4 Å². The third-order valence-corrected chi connectivity index (χ3v) is 6.43. The summed E-state index contributed by atoms with van der Waals surface area (Å²) in [5, 5.41) is 23.8. The minimum absolute atomic E-state index is 0. The number of phenols is 1. The summed E-state index contributed by atoms with van der Waals surface area (Å²) in [4.78, 5) is 14.3. The predicted molar refractivity (Wildman–Crippen MR) is 139 cm³/mol. The third-order valence-electron chi connectivity index (χ3n) is 5.84. The van der Waals surface area contributed by atoms with Crippen molar-refractivity contribution in [2.45, 2.75) is 51.4 Å². The van der Waals surface area contributed by atoms with Gasteiger partial charge in [0.2, 0.25) is 10.0 Å². The molecule has 0 saturated heterocycles. The number of benzene rings is 2. The average Bonchev–Trinajstić information content (AvgIpc) is 2.72. The number of halogens is 1. The summed E-state index contributed by atoms with van der Waals surface area (Å²) in [5.41, 5.74) is 1.09. The highest BCUT2D eigenvalue weighted by Crippen LogP contribution is 2.38. The summed E-state index contributed by atoms with van der Waals surface area (Å²) in [6.07, 6.45) is 0.230. The molecule has 0 unspecified atom stereocenters. The number of nitrogens with one attached hydrogen (secondary N) is 2. The third kappa shape index (κ3) is 7.23. The number of hydrogen-bond donors (Lipinski definition) is 4. The van der Waals surface area contributed by atoms with Gasteiger partial charge in [-0.25, -0.2) is 13.2 Å². The summed E-state index contributed by atoms with van der Waals surface area (Å²) in [5.74, 6) is -0.230. The zero-order valence-corrected chi connectivity index (χ0v) is 22.2. The number of carbonyl (C=O) groups excluding carboxylic acids is 1. The van der Waals surface area contributed by atoms with Gasteiger partial charge in [0.25, 0.3) is 0 Å². The van der Waals surface area contributed by atoms with Crippen LogP contribution in [0.3, 0.4) is 0 Å². The van der Waals surface area contributed by atoms with E-state index < -0.39 is 33.4 Å². The van der Waals surface area contributed by atoms with Crippen molar-refractivity contribution >= 4 is 39.9 Å². The van der Waals surface area contributed by atoms with Gasteiger partial charge < -0.3 is 20.3 Å². The van der Waals surface area contributed by atoms with Crippen LogP contribution in [0.1, 0.15) is 51.3 Å². The van der Waals surface area contributed by atoms with Crippen molar-refractivity contribution in [1.82, 2.24) is 5.32 Å². The number of aromatic hydroxyl groups is 1. The number of carbonyl (C=O) groups is 1. The lowest BCUT2D eigenvalue weighted by molar-refractivity contribution is 0.0347. The number of para-hydroxylation sites is 1. The molecule has 1 aliphatic heterocycles. The lowest BCUT2D eigenvalue weighted by Gasteiger charge is -2.39. The number of aliphatic hydroxyl groups is 1. The van der Waals surface area contributed by atoms with E-state index in [2.05, 4.69) is 10.0 Å². The molecule has 0 saturated carbocycles. The SMILES string of the molecule is CC(C)(CCN1C(=O)OC(C)(C)c2ccccc21)NC[C@H](O)c1ccc(O)c(NS(C)(=O)=O)c1.Cl. The van der Waals surface area contributed by atoms with Crippen LogP contribution in [0, 0.1) is 0 Å². The minimum atomic E-state index is -3.58. The van der Waals surface area contributed by atoms with E-state index in [1.165, 1.54) is 18.2 Å². The normalized spacial score (nSPS) is 16.1. The number of hydrogen-bond acceptors (Lipinski definition) is 7. The van der Waals surface area contributed by atoms with Gasteiger partial charge in [0, 0.05) is 24.2 Å². The molecule has 0 radical (unpaired) electrons. The summed E-state index contributed by atoms with van der Waals surface area (Å²) in [6.45, 7) is 8.28. The number of nitrogens with zero attached hydrogens (tertiary/aromatic N) is 1. The van der Waals surface area contributed by atoms with Gasteiger partial charge in [-0.05, 0) is 57.9 Å². The van der Waals surface area contributed by atoms with Crippen LogP contribution < -0.4 is 14.9 Å². The van der Waals surface area contributed by atoms with Crippen LogP contribution in [0.5, 0.6) is 5.75 Å². The smallest absolute Gasteiger partial charge is 0.415 e. The fourth-order valence-electron chi connectivity index (χ4n) is 3.87. The zero-order valence-electron chi connectivity index (χ0n) is 20.5. The Morgan fingerprint density at radius 1 is 1.17 bits per heavy atom. The van der Waals surface area contributed by atoms with E-state index in [0.717, 1.165) is 17.5 Å². The molecule has 0 fully saturated rings. The van der Waals surface area contributed by atoms with Crippen molar-refractivity contribution in [1.29, 1.82) is 0 Å². The average molecular weight is 528 g/mol. The maximum atomic E-state index is 12.7. The number of amides is 1. The van der Waals surface area contributed by atoms with Crippen molar-refractivity contribution in [2.24, 2.45) is 0 Å². The van der Waals surface area contributed by atoms with Gasteiger partial charge in [-0.1, -0.05) is 24.3 Å². The van der Waals surface area contributed by atoms with Gasteiger partial charge in [0.05, 0.1) is 23.7 Å². The second-order valence-corrected chi connectivity index (χ2v) is 11.5. The van der Waals surface area contributed by atoms with E-state index in [4.69, 9.17) is 4.74 Å². The van der Waals surface area contributed by atoms with E-state index in [-0.39, 0.29) is 30.4 Å². The van der Waals surface area contributed by atoms with Crippen molar-refractivity contribution in [3.8, 4) is 5.75 Å². The molecule has 0 aromatic heterocycles. The number of phenolic OH excluding ortho intramolecular Hbond substituents is 1. The summed E-state index contributed by atoms with van der Waals surface area (Å²) in [6, 6.07) is 11.9. The molecule has 3 rings (SSSR count). The van der Waals surface area contributed by atoms with E-state index in [1.807, 2.05) is 52.0 Å². The van der Waals surface area contributed by atoms with Gasteiger partial charge in [0.15, 0.2) is 0 Å². The molecule has 1 heterocycles. The van der Waals surface area contributed by atoms with Crippen LogP contribution in [0.4, 0.5) is 16.2 Å². The standard InChI is InChI=1S/C24H33N3O6S.ClH/c1-23(2,12-13-27-19-9-7-6-8-17(19)24(3,4)33-22(27)30)25-15-21(29)16-10-11-20(28)18(14-16)26-34(5,31)32;/h6-11,14,21,25-26,28-29H,12-13,15H2,1-5H3;1H/t21-;/m0./s1. The van der Waals surface area contributed by atoms with Crippen LogP contribution in [0.25, 0.3) is 0 Å². The van der Waals surface area contributed by atoms with Crippen LogP contribution >= 0.6 is 12.4 Å². The second-order valence-electron chi connectivity index (χ2n) is 9.73. The highest BCUT2D eigenvalue weighted by molar-refractivity contribution is 7.92. The van der Waals surface area contributed by atoms with Gasteiger partial charge in [-0.3, -0.25) is 9.62 Å². The molecule has 1 amide bonds. The Morgan fingerprint density at radius 2 is 1.83 bits per heavy atom. The molecule has 0 bridgehead atoms. The van der Waals surface area contributed by atoms with Gasteiger partial charge in [-0.15, -0.1) is 12.4 Å². The molecule has 0 aliphatic carbocycles. The van der Waals surface area contributed by atoms with Crippen molar-refractivity contribution in [3.05, 3.63) is 53.6 Å². The molecule has 9 nitrogen and oxygen atoms in total. The van der Waals surface area contributed by atoms with Crippen molar-refractivity contribution in [2.75, 3.05) is 29.0 Å². The summed E-state index contributed by atoms with van der Waals surface area (Å²) >= 11 is 0. The number of anilines is 2. The first-order valence-corrected chi connectivity index (χ1v) is 12.9. The summed E-state index contributed by atoms with van der Waals surface area (Å²) in [7, 11) is -3.58. The highest BCUT2D eigenvalue weighted by atomic mass is 35.5. The number of ether oxygens (including phenoxy) is 1. The van der Waals surface area contributed by atoms with Crippen LogP contribution in [0.15, 0.2) is 42.5 Å².